The van der Waals surface area contributed by atoms with Crippen molar-refractivity contribution in [3.8, 4) is 0 Å². The zero-order valence-electron chi connectivity index (χ0n) is 11.5. The number of carbonyl (C=O) groups excluding carboxylic acids is 1. The van der Waals surface area contributed by atoms with Crippen LogP contribution in [0.1, 0.15) is 10.4 Å². The van der Waals surface area contributed by atoms with Crippen molar-refractivity contribution in [1.29, 1.82) is 0 Å². The molecule has 2 rings (SSSR count). The molecule has 0 saturated carbocycles. The summed E-state index contributed by atoms with van der Waals surface area (Å²) in [5, 5.41) is 3.14. The third-order valence-electron chi connectivity index (χ3n) is 2.88. The molecule has 6 heteroatoms. The van der Waals surface area contributed by atoms with E-state index >= 15 is 0 Å². The number of hydrogen-bond donors (Lipinski definition) is 1. The van der Waals surface area contributed by atoms with Crippen molar-refractivity contribution in [3.63, 3.8) is 0 Å². The molecule has 21 heavy (non-hydrogen) atoms. The number of anilines is 2. The molecule has 0 saturated heterocycles. The molecule has 3 nitrogen and oxygen atoms in total. The monoisotopic (exact) mass is 370 g/mol. The summed E-state index contributed by atoms with van der Waals surface area (Å²) in [6, 6.07) is 9.51. The van der Waals surface area contributed by atoms with Crippen molar-refractivity contribution < 1.29 is 9.18 Å². The van der Waals surface area contributed by atoms with E-state index in [1.165, 1.54) is 12.1 Å². The van der Waals surface area contributed by atoms with Crippen molar-refractivity contribution in [2.45, 2.75) is 0 Å². The van der Waals surface area contributed by atoms with E-state index in [2.05, 4.69) is 21.2 Å². The summed E-state index contributed by atoms with van der Waals surface area (Å²) >= 11 is 9.31. The molecular formula is C15H13BrClFN2O. The lowest BCUT2D eigenvalue weighted by Crippen LogP contribution is -2.15. The van der Waals surface area contributed by atoms with Gasteiger partial charge in [0.25, 0.3) is 5.91 Å². The smallest absolute Gasteiger partial charge is 0.259 e. The van der Waals surface area contributed by atoms with Crippen molar-refractivity contribution in [1.82, 2.24) is 0 Å². The van der Waals surface area contributed by atoms with Crippen LogP contribution in [-0.4, -0.2) is 20.0 Å². The summed E-state index contributed by atoms with van der Waals surface area (Å²) in [7, 11) is 3.74. The highest BCUT2D eigenvalue weighted by Gasteiger charge is 2.16. The first kappa shape index (κ1) is 15.8. The molecule has 0 fully saturated rings. The fourth-order valence-corrected chi connectivity index (χ4v) is 2.73. The first-order valence-corrected chi connectivity index (χ1v) is 7.29. The van der Waals surface area contributed by atoms with E-state index in [-0.39, 0.29) is 5.56 Å². The Labute approximate surface area is 135 Å². The van der Waals surface area contributed by atoms with E-state index in [1.807, 2.05) is 19.0 Å². The third-order valence-corrected chi connectivity index (χ3v) is 3.84. The Morgan fingerprint density at radius 3 is 2.57 bits per heavy atom. The van der Waals surface area contributed by atoms with Crippen LogP contribution in [0.5, 0.6) is 0 Å². The van der Waals surface area contributed by atoms with Crippen LogP contribution in [0.25, 0.3) is 0 Å². The Bertz CT molecular complexity index is 671. The van der Waals surface area contributed by atoms with E-state index in [9.17, 15) is 9.18 Å². The van der Waals surface area contributed by atoms with Crippen LogP contribution in [0.2, 0.25) is 5.02 Å². The predicted octanol–water partition coefficient (Wildman–Crippen LogP) is 4.56. The fourth-order valence-electron chi connectivity index (χ4n) is 1.86. The molecule has 0 aliphatic carbocycles. The Morgan fingerprint density at radius 1 is 1.29 bits per heavy atom. The second-order valence-corrected chi connectivity index (χ2v) is 5.87. The molecule has 1 N–H and O–H groups in total. The fraction of sp³-hybridized carbons (Fsp3) is 0.133. The average Bonchev–Trinajstić information content (AvgIpc) is 2.37. The molecule has 0 bridgehead atoms. The normalized spacial score (nSPS) is 10.3. The Balaban J connectivity index is 2.26. The van der Waals surface area contributed by atoms with E-state index in [0.717, 1.165) is 5.69 Å². The lowest BCUT2D eigenvalue weighted by molar-refractivity contribution is 0.102. The highest BCUT2D eigenvalue weighted by Crippen LogP contribution is 2.28. The van der Waals surface area contributed by atoms with Crippen molar-refractivity contribution in [2.24, 2.45) is 0 Å². The highest BCUT2D eigenvalue weighted by molar-refractivity contribution is 9.10. The topological polar surface area (TPSA) is 32.3 Å². The van der Waals surface area contributed by atoms with Crippen molar-refractivity contribution in [2.75, 3.05) is 24.3 Å². The molecule has 110 valence electrons. The summed E-state index contributed by atoms with van der Waals surface area (Å²) in [6.45, 7) is 0. The Kier molecular flexibility index (Phi) is 4.85. The molecule has 0 atom stereocenters. The van der Waals surface area contributed by atoms with Gasteiger partial charge in [-0.3, -0.25) is 4.79 Å². The maximum absolute atomic E-state index is 13.7. The zero-order valence-corrected chi connectivity index (χ0v) is 13.8. The largest absolute Gasteiger partial charge is 0.376 e. The van der Waals surface area contributed by atoms with Crippen LogP contribution in [0.15, 0.2) is 40.9 Å². The van der Waals surface area contributed by atoms with Gasteiger partial charge in [0.1, 0.15) is 5.82 Å². The lowest BCUT2D eigenvalue weighted by Gasteiger charge is -2.15. The number of halogens is 3. The molecule has 0 heterocycles. The van der Waals surface area contributed by atoms with Gasteiger partial charge in [0.05, 0.1) is 16.3 Å². The number of nitrogens with zero attached hydrogens (tertiary/aromatic N) is 1. The van der Waals surface area contributed by atoms with Crippen molar-refractivity contribution in [3.05, 3.63) is 57.3 Å². The van der Waals surface area contributed by atoms with Crippen LogP contribution in [0.4, 0.5) is 15.8 Å². The summed E-state index contributed by atoms with van der Waals surface area (Å²) < 4.78 is 14.1. The molecular weight excluding hydrogens is 359 g/mol. The van der Waals surface area contributed by atoms with Crippen molar-refractivity contribution >= 4 is 44.8 Å². The molecule has 1 amide bonds. The minimum Gasteiger partial charge on any atom is -0.376 e. The number of hydrogen-bond acceptors (Lipinski definition) is 2. The van der Waals surface area contributed by atoms with E-state index in [1.54, 1.807) is 24.3 Å². The number of rotatable bonds is 3. The SMILES string of the molecule is CN(C)c1ccc(NC(=O)c2c(F)cccc2Br)cc1Cl. The van der Waals surface area contributed by atoms with Gasteiger partial charge < -0.3 is 10.2 Å². The molecule has 0 aliphatic heterocycles. The number of carbonyl (C=O) groups is 1. The summed E-state index contributed by atoms with van der Waals surface area (Å²) in [6.07, 6.45) is 0. The van der Waals surface area contributed by atoms with Crippen LogP contribution < -0.4 is 10.2 Å². The maximum atomic E-state index is 13.7. The van der Waals surface area contributed by atoms with Crippen LogP contribution in [0.3, 0.4) is 0 Å². The molecule has 0 radical (unpaired) electrons. The van der Waals surface area contributed by atoms with Gasteiger partial charge in [-0.05, 0) is 46.3 Å². The molecule has 2 aromatic carbocycles. The van der Waals surface area contributed by atoms with Gasteiger partial charge in [0.15, 0.2) is 0 Å². The number of benzene rings is 2. The lowest BCUT2D eigenvalue weighted by atomic mass is 10.2. The van der Waals surface area contributed by atoms with Gasteiger partial charge in [-0.15, -0.1) is 0 Å². The van der Waals surface area contributed by atoms with Crippen LogP contribution >= 0.6 is 27.5 Å². The Morgan fingerprint density at radius 2 is 2.00 bits per heavy atom. The summed E-state index contributed by atoms with van der Waals surface area (Å²) in [4.78, 5) is 14.0. The quantitative estimate of drug-likeness (QED) is 0.858. The van der Waals surface area contributed by atoms with E-state index in [0.29, 0.717) is 15.2 Å². The molecule has 2 aromatic rings. The second kappa shape index (κ2) is 6.45. The minimum absolute atomic E-state index is 0.0368. The maximum Gasteiger partial charge on any atom is 0.259 e. The number of nitrogens with one attached hydrogen (secondary N) is 1. The zero-order chi connectivity index (χ0) is 15.6. The average molecular weight is 372 g/mol. The van der Waals surface area contributed by atoms with Gasteiger partial charge in [-0.25, -0.2) is 4.39 Å². The van der Waals surface area contributed by atoms with Gasteiger partial charge in [-0.2, -0.15) is 0 Å². The number of amides is 1. The van der Waals surface area contributed by atoms with E-state index < -0.39 is 11.7 Å². The predicted molar refractivity (Wildman–Crippen MR) is 87.8 cm³/mol. The van der Waals surface area contributed by atoms with Gasteiger partial charge in [-0.1, -0.05) is 17.7 Å². The summed E-state index contributed by atoms with van der Waals surface area (Å²) in [5.74, 6) is -1.12. The van der Waals surface area contributed by atoms with Gasteiger partial charge >= 0.3 is 0 Å². The molecule has 0 aromatic heterocycles. The summed E-state index contributed by atoms with van der Waals surface area (Å²) in [5.41, 5.74) is 1.30. The van der Waals surface area contributed by atoms with Crippen LogP contribution in [-0.2, 0) is 0 Å². The first-order chi connectivity index (χ1) is 9.90. The molecule has 0 aliphatic rings. The van der Waals surface area contributed by atoms with Crippen LogP contribution in [0, 0.1) is 5.82 Å². The Hall–Kier alpha value is -1.59. The van der Waals surface area contributed by atoms with Gasteiger partial charge in [0, 0.05) is 24.3 Å². The van der Waals surface area contributed by atoms with E-state index in [4.69, 9.17) is 11.6 Å². The standard InChI is InChI=1S/C15H13BrClFN2O/c1-20(2)13-7-6-9(8-11(13)17)19-15(21)14-10(16)4-3-5-12(14)18/h3-8H,1-2H3,(H,19,21). The first-order valence-electron chi connectivity index (χ1n) is 6.12. The third kappa shape index (κ3) is 3.54. The minimum atomic E-state index is -0.585. The highest BCUT2D eigenvalue weighted by atomic mass is 79.9. The second-order valence-electron chi connectivity index (χ2n) is 4.61. The molecule has 0 spiro atoms. The van der Waals surface area contributed by atoms with Gasteiger partial charge in [0.2, 0.25) is 0 Å². The molecule has 0 unspecified atom stereocenters.